The molecule has 0 bridgehead atoms. The summed E-state index contributed by atoms with van der Waals surface area (Å²) in [6.07, 6.45) is 0. The number of nitro benzene ring substituents is 1. The van der Waals surface area contributed by atoms with Crippen molar-refractivity contribution in [2.24, 2.45) is 0 Å². The fraction of sp³-hybridized carbons (Fsp3) is 0.136. The number of nitrogens with zero attached hydrogens (tertiary/aromatic N) is 1. The van der Waals surface area contributed by atoms with Gasteiger partial charge in [0.05, 0.1) is 22.7 Å². The molecule has 154 valence electrons. The first-order valence-corrected chi connectivity index (χ1v) is 9.51. The molecule has 2 N–H and O–H groups in total. The second-order valence-corrected chi connectivity index (χ2v) is 6.98. The van der Waals surface area contributed by atoms with Crippen molar-refractivity contribution in [3.05, 3.63) is 93.0 Å². The van der Waals surface area contributed by atoms with Crippen molar-refractivity contribution in [1.82, 2.24) is 0 Å². The topological polar surface area (TPSA) is 93.5 Å². The molecule has 0 aromatic heterocycles. The van der Waals surface area contributed by atoms with Crippen LogP contribution in [0.15, 0.2) is 66.7 Å². The van der Waals surface area contributed by atoms with Crippen LogP contribution in [-0.2, 0) is 0 Å². The van der Waals surface area contributed by atoms with Gasteiger partial charge in [0.1, 0.15) is 0 Å². The van der Waals surface area contributed by atoms with E-state index in [4.69, 9.17) is 16.3 Å². The van der Waals surface area contributed by atoms with Crippen molar-refractivity contribution in [2.75, 3.05) is 17.7 Å². The van der Waals surface area contributed by atoms with Crippen molar-refractivity contribution in [3.8, 4) is 5.75 Å². The van der Waals surface area contributed by atoms with Gasteiger partial charge in [-0.15, -0.1) is 0 Å². The minimum atomic E-state index is -0.596. The zero-order valence-corrected chi connectivity index (χ0v) is 17.1. The van der Waals surface area contributed by atoms with E-state index in [1.54, 1.807) is 18.2 Å². The first-order valence-electron chi connectivity index (χ1n) is 9.14. The highest BCUT2D eigenvalue weighted by molar-refractivity contribution is 6.33. The molecule has 8 heteroatoms. The van der Waals surface area contributed by atoms with E-state index in [2.05, 4.69) is 10.6 Å². The van der Waals surface area contributed by atoms with Gasteiger partial charge >= 0.3 is 5.69 Å². The Bertz CT molecular complexity index is 1070. The van der Waals surface area contributed by atoms with Crippen molar-refractivity contribution >= 4 is 34.6 Å². The zero-order chi connectivity index (χ0) is 21.7. The van der Waals surface area contributed by atoms with Gasteiger partial charge in [0.15, 0.2) is 5.75 Å². The predicted octanol–water partition coefficient (Wildman–Crippen LogP) is 5.68. The lowest BCUT2D eigenvalue weighted by Gasteiger charge is -2.17. The molecular formula is C22H20ClN3O4. The van der Waals surface area contributed by atoms with Crippen molar-refractivity contribution in [1.29, 1.82) is 0 Å². The summed E-state index contributed by atoms with van der Waals surface area (Å²) >= 11 is 6.38. The van der Waals surface area contributed by atoms with Crippen LogP contribution in [0.25, 0.3) is 0 Å². The Hall–Kier alpha value is -3.58. The second kappa shape index (κ2) is 9.28. The monoisotopic (exact) mass is 425 g/mol. The number of hydrogen-bond donors (Lipinski definition) is 2. The molecule has 0 heterocycles. The van der Waals surface area contributed by atoms with Gasteiger partial charge in [-0.05, 0) is 42.8 Å². The third kappa shape index (κ3) is 4.87. The minimum absolute atomic E-state index is 0.0454. The van der Waals surface area contributed by atoms with E-state index in [0.717, 1.165) is 11.3 Å². The number of ether oxygens (including phenoxy) is 1. The van der Waals surface area contributed by atoms with Crippen molar-refractivity contribution in [2.45, 2.75) is 13.0 Å². The molecule has 3 aromatic carbocycles. The molecule has 1 unspecified atom stereocenters. The van der Waals surface area contributed by atoms with Crippen LogP contribution in [0.5, 0.6) is 5.75 Å². The summed E-state index contributed by atoms with van der Waals surface area (Å²) in [5.41, 5.74) is 2.18. The summed E-state index contributed by atoms with van der Waals surface area (Å²) in [4.78, 5) is 23.1. The number of hydrogen-bond acceptors (Lipinski definition) is 5. The first kappa shape index (κ1) is 21.1. The molecule has 0 fully saturated rings. The van der Waals surface area contributed by atoms with E-state index in [-0.39, 0.29) is 23.0 Å². The fourth-order valence-electron chi connectivity index (χ4n) is 2.95. The van der Waals surface area contributed by atoms with E-state index in [1.807, 2.05) is 37.3 Å². The van der Waals surface area contributed by atoms with Gasteiger partial charge in [0.2, 0.25) is 0 Å². The molecule has 0 spiro atoms. The lowest BCUT2D eigenvalue weighted by molar-refractivity contribution is -0.385. The van der Waals surface area contributed by atoms with Gasteiger partial charge in [-0.2, -0.15) is 0 Å². The highest BCUT2D eigenvalue weighted by Crippen LogP contribution is 2.30. The van der Waals surface area contributed by atoms with Crippen LogP contribution >= 0.6 is 11.6 Å². The number of carbonyl (C=O) groups is 1. The van der Waals surface area contributed by atoms with Gasteiger partial charge in [0.25, 0.3) is 5.91 Å². The molecule has 0 saturated carbocycles. The maximum Gasteiger partial charge on any atom is 0.311 e. The number of nitro groups is 1. The highest BCUT2D eigenvalue weighted by Gasteiger charge is 2.18. The summed E-state index contributed by atoms with van der Waals surface area (Å²) < 4.78 is 4.95. The lowest BCUT2D eigenvalue weighted by atomic mass is 10.1. The standard InChI is InChI=1S/C22H20ClN3O4/c1-14(15-6-4-3-5-7-15)24-19-10-9-17(13-18(19)23)25-22(27)16-8-11-21(30-2)20(12-16)26(28)29/h3-14,24H,1-2H3,(H,25,27). The number of benzene rings is 3. The van der Waals surface area contributed by atoms with E-state index in [9.17, 15) is 14.9 Å². The molecule has 0 radical (unpaired) electrons. The molecule has 0 aliphatic rings. The summed E-state index contributed by atoms with van der Waals surface area (Å²) in [7, 11) is 1.33. The summed E-state index contributed by atoms with van der Waals surface area (Å²) in [5.74, 6) is -0.405. The van der Waals surface area contributed by atoms with E-state index >= 15 is 0 Å². The summed E-state index contributed by atoms with van der Waals surface area (Å²) in [5, 5.41) is 17.6. The summed E-state index contributed by atoms with van der Waals surface area (Å²) in [6.45, 7) is 2.03. The maximum absolute atomic E-state index is 12.5. The molecule has 0 aliphatic heterocycles. The van der Waals surface area contributed by atoms with Gasteiger partial charge < -0.3 is 15.4 Å². The minimum Gasteiger partial charge on any atom is -0.490 e. The van der Waals surface area contributed by atoms with Crippen LogP contribution in [0, 0.1) is 10.1 Å². The van der Waals surface area contributed by atoms with Crippen LogP contribution < -0.4 is 15.4 Å². The number of amides is 1. The van der Waals surface area contributed by atoms with Crippen LogP contribution in [0.2, 0.25) is 5.02 Å². The molecular weight excluding hydrogens is 406 g/mol. The van der Waals surface area contributed by atoms with E-state index < -0.39 is 10.8 Å². The molecule has 30 heavy (non-hydrogen) atoms. The Labute approximate surface area is 178 Å². The van der Waals surface area contributed by atoms with Crippen LogP contribution in [0.1, 0.15) is 28.9 Å². The molecule has 3 aromatic rings. The Morgan fingerprint density at radius 3 is 2.47 bits per heavy atom. The van der Waals surface area contributed by atoms with E-state index in [1.165, 1.54) is 25.3 Å². The number of methoxy groups -OCH3 is 1. The number of rotatable bonds is 7. The third-order valence-corrected chi connectivity index (χ3v) is 4.85. The molecule has 1 amide bonds. The normalized spacial score (nSPS) is 11.4. The number of nitrogens with one attached hydrogen (secondary N) is 2. The SMILES string of the molecule is COc1ccc(C(=O)Nc2ccc(NC(C)c3ccccc3)c(Cl)c2)cc1[N+](=O)[O-]. The van der Waals surface area contributed by atoms with Gasteiger partial charge in [-0.1, -0.05) is 41.9 Å². The molecule has 7 nitrogen and oxygen atoms in total. The quantitative estimate of drug-likeness (QED) is 0.375. The number of anilines is 2. The van der Waals surface area contributed by atoms with Crippen LogP contribution in [-0.4, -0.2) is 17.9 Å². The molecule has 1 atom stereocenters. The van der Waals surface area contributed by atoms with Crippen molar-refractivity contribution < 1.29 is 14.5 Å². The van der Waals surface area contributed by atoms with Crippen molar-refractivity contribution in [3.63, 3.8) is 0 Å². The Balaban J connectivity index is 1.73. The molecule has 0 saturated heterocycles. The number of halogens is 1. The third-order valence-electron chi connectivity index (χ3n) is 4.54. The Morgan fingerprint density at radius 2 is 1.83 bits per heavy atom. The lowest BCUT2D eigenvalue weighted by Crippen LogP contribution is -2.13. The van der Waals surface area contributed by atoms with E-state index in [0.29, 0.717) is 10.7 Å². The molecule has 3 rings (SSSR count). The fourth-order valence-corrected chi connectivity index (χ4v) is 3.18. The highest BCUT2D eigenvalue weighted by atomic mass is 35.5. The van der Waals surface area contributed by atoms with Crippen LogP contribution in [0.3, 0.4) is 0 Å². The van der Waals surface area contributed by atoms with Crippen LogP contribution in [0.4, 0.5) is 17.1 Å². The smallest absolute Gasteiger partial charge is 0.311 e. The van der Waals surface area contributed by atoms with Gasteiger partial charge in [-0.25, -0.2) is 0 Å². The maximum atomic E-state index is 12.5. The zero-order valence-electron chi connectivity index (χ0n) is 16.4. The Morgan fingerprint density at radius 1 is 1.10 bits per heavy atom. The second-order valence-electron chi connectivity index (χ2n) is 6.57. The predicted molar refractivity (Wildman–Crippen MR) is 118 cm³/mol. The summed E-state index contributed by atoms with van der Waals surface area (Å²) in [6, 6.07) is 19.1. The first-order chi connectivity index (χ1) is 14.4. The average molecular weight is 426 g/mol. The Kier molecular flexibility index (Phi) is 6.54. The van der Waals surface area contributed by atoms with Gasteiger partial charge in [0, 0.05) is 23.4 Å². The van der Waals surface area contributed by atoms with Gasteiger partial charge in [-0.3, -0.25) is 14.9 Å². The largest absolute Gasteiger partial charge is 0.490 e. The average Bonchev–Trinajstić information content (AvgIpc) is 2.75. The number of carbonyl (C=O) groups excluding carboxylic acids is 1. The molecule has 0 aliphatic carbocycles.